The van der Waals surface area contributed by atoms with Gasteiger partial charge in [-0.1, -0.05) is 25.1 Å². The maximum atomic E-state index is 12.8. The van der Waals surface area contributed by atoms with Gasteiger partial charge in [-0.15, -0.1) is 0 Å². The molecule has 1 unspecified atom stereocenters. The molecule has 0 bridgehead atoms. The van der Waals surface area contributed by atoms with E-state index in [1.165, 1.54) is 19.1 Å². The zero-order chi connectivity index (χ0) is 13.1. The lowest BCUT2D eigenvalue weighted by Gasteiger charge is -2.28. The number of esters is 1. The first-order valence-corrected chi connectivity index (χ1v) is 5.15. The highest BCUT2D eigenvalue weighted by Gasteiger charge is 2.56. The molecule has 1 rings (SSSR count). The molecule has 94 valence electrons. The van der Waals surface area contributed by atoms with Crippen molar-refractivity contribution in [1.82, 2.24) is 0 Å². The third-order valence-corrected chi connectivity index (χ3v) is 2.74. The van der Waals surface area contributed by atoms with Gasteiger partial charge >= 0.3 is 12.1 Å². The molecule has 0 amide bonds. The van der Waals surface area contributed by atoms with Crippen molar-refractivity contribution in [1.29, 1.82) is 0 Å². The van der Waals surface area contributed by atoms with Crippen LogP contribution in [0.25, 0.3) is 0 Å². The second kappa shape index (κ2) is 4.77. The summed E-state index contributed by atoms with van der Waals surface area (Å²) in [5, 5.41) is 0. The Kier molecular flexibility index (Phi) is 3.80. The van der Waals surface area contributed by atoms with Crippen molar-refractivity contribution in [3.63, 3.8) is 0 Å². The zero-order valence-corrected chi connectivity index (χ0v) is 9.54. The average molecular weight is 246 g/mol. The van der Waals surface area contributed by atoms with Crippen LogP contribution in [-0.4, -0.2) is 12.1 Å². The highest BCUT2D eigenvalue weighted by atomic mass is 19.4. The molecule has 0 heterocycles. The molecular weight excluding hydrogens is 233 g/mol. The third-order valence-electron chi connectivity index (χ3n) is 2.74. The van der Waals surface area contributed by atoms with Crippen LogP contribution in [0.1, 0.15) is 20.3 Å². The van der Waals surface area contributed by atoms with Crippen molar-refractivity contribution in [2.75, 3.05) is 0 Å². The van der Waals surface area contributed by atoms with E-state index in [-0.39, 0.29) is 12.2 Å². The van der Waals surface area contributed by atoms with Gasteiger partial charge in [0.1, 0.15) is 5.75 Å². The van der Waals surface area contributed by atoms with Gasteiger partial charge in [-0.3, -0.25) is 4.79 Å². The van der Waals surface area contributed by atoms with Gasteiger partial charge in [-0.25, -0.2) is 0 Å². The molecule has 0 aliphatic carbocycles. The first-order valence-electron chi connectivity index (χ1n) is 5.15. The number of carbonyl (C=O) groups is 1. The standard InChI is InChI=1S/C12H13F3O2/c1-3-11(2,12(13,14)15)10(16)17-9-7-5-4-6-8-9/h4-8H,3H2,1-2H3. The Labute approximate surface area is 97.4 Å². The molecule has 0 aliphatic rings. The molecule has 0 aliphatic heterocycles. The number of rotatable bonds is 3. The quantitative estimate of drug-likeness (QED) is 0.602. The molecule has 0 aromatic heterocycles. The molecule has 17 heavy (non-hydrogen) atoms. The lowest BCUT2D eigenvalue weighted by Crippen LogP contribution is -2.44. The number of ether oxygens (including phenoxy) is 1. The lowest BCUT2D eigenvalue weighted by molar-refractivity contribution is -0.225. The Hall–Kier alpha value is -1.52. The minimum atomic E-state index is -4.62. The zero-order valence-electron chi connectivity index (χ0n) is 9.54. The molecule has 0 N–H and O–H groups in total. The van der Waals surface area contributed by atoms with Crippen molar-refractivity contribution >= 4 is 5.97 Å². The Morgan fingerprint density at radius 1 is 1.24 bits per heavy atom. The Morgan fingerprint density at radius 3 is 2.18 bits per heavy atom. The summed E-state index contributed by atoms with van der Waals surface area (Å²) in [4.78, 5) is 11.6. The predicted octanol–water partition coefficient (Wildman–Crippen LogP) is 3.57. The maximum absolute atomic E-state index is 12.8. The SMILES string of the molecule is CCC(C)(C(=O)Oc1ccccc1)C(F)(F)F. The second-order valence-electron chi connectivity index (χ2n) is 3.89. The first kappa shape index (κ1) is 13.5. The third kappa shape index (κ3) is 2.78. The van der Waals surface area contributed by atoms with Crippen molar-refractivity contribution in [3.8, 4) is 5.75 Å². The second-order valence-corrected chi connectivity index (χ2v) is 3.89. The van der Waals surface area contributed by atoms with Gasteiger partial charge in [0.05, 0.1) is 0 Å². The van der Waals surface area contributed by atoms with E-state index in [0.29, 0.717) is 0 Å². The number of carbonyl (C=O) groups excluding carboxylic acids is 1. The summed E-state index contributed by atoms with van der Waals surface area (Å²) in [5.74, 6) is -1.17. The van der Waals surface area contributed by atoms with Gasteiger partial charge in [0.25, 0.3) is 0 Å². The minimum Gasteiger partial charge on any atom is -0.426 e. The summed E-state index contributed by atoms with van der Waals surface area (Å²) >= 11 is 0. The number of halogens is 3. The largest absolute Gasteiger partial charge is 0.426 e. The maximum Gasteiger partial charge on any atom is 0.404 e. The van der Waals surface area contributed by atoms with Crippen LogP contribution in [-0.2, 0) is 4.79 Å². The molecule has 1 aromatic carbocycles. The Morgan fingerprint density at radius 2 is 1.76 bits per heavy atom. The highest BCUT2D eigenvalue weighted by molar-refractivity contribution is 5.79. The minimum absolute atomic E-state index is 0.112. The number of hydrogen-bond donors (Lipinski definition) is 0. The van der Waals surface area contributed by atoms with Gasteiger partial charge in [0.2, 0.25) is 0 Å². The van der Waals surface area contributed by atoms with Gasteiger partial charge < -0.3 is 4.74 Å². The highest BCUT2D eigenvalue weighted by Crippen LogP contribution is 2.41. The molecule has 0 fully saturated rings. The predicted molar refractivity (Wildman–Crippen MR) is 56.5 cm³/mol. The number of alkyl halides is 3. The van der Waals surface area contributed by atoms with E-state index in [4.69, 9.17) is 4.74 Å². The van der Waals surface area contributed by atoms with Crippen LogP contribution in [0, 0.1) is 5.41 Å². The van der Waals surface area contributed by atoms with E-state index in [1.54, 1.807) is 18.2 Å². The number of benzene rings is 1. The fraction of sp³-hybridized carbons (Fsp3) is 0.417. The molecule has 0 saturated heterocycles. The molecule has 1 aromatic rings. The molecule has 0 saturated carbocycles. The summed E-state index contributed by atoms with van der Waals surface area (Å²) in [6.45, 7) is 2.15. The van der Waals surface area contributed by atoms with Crippen LogP contribution in [0.15, 0.2) is 30.3 Å². The summed E-state index contributed by atoms with van der Waals surface area (Å²) in [7, 11) is 0. The van der Waals surface area contributed by atoms with Gasteiger partial charge in [0, 0.05) is 0 Å². The summed E-state index contributed by atoms with van der Waals surface area (Å²) in [6, 6.07) is 7.72. The monoisotopic (exact) mass is 246 g/mol. The summed E-state index contributed by atoms with van der Waals surface area (Å²) < 4.78 is 43.0. The van der Waals surface area contributed by atoms with Crippen LogP contribution < -0.4 is 4.74 Å². The van der Waals surface area contributed by atoms with Crippen LogP contribution >= 0.6 is 0 Å². The van der Waals surface area contributed by atoms with Crippen LogP contribution in [0.3, 0.4) is 0 Å². The topological polar surface area (TPSA) is 26.3 Å². The van der Waals surface area contributed by atoms with E-state index in [2.05, 4.69) is 0 Å². The average Bonchev–Trinajstić information content (AvgIpc) is 2.27. The fourth-order valence-corrected chi connectivity index (χ4v) is 1.17. The van der Waals surface area contributed by atoms with Crippen LogP contribution in [0.5, 0.6) is 5.75 Å². The summed E-state index contributed by atoms with van der Waals surface area (Å²) in [5.41, 5.74) is -2.47. The molecular formula is C12H13F3O2. The van der Waals surface area contributed by atoms with Crippen molar-refractivity contribution < 1.29 is 22.7 Å². The molecule has 1 atom stereocenters. The fourth-order valence-electron chi connectivity index (χ4n) is 1.17. The van der Waals surface area contributed by atoms with E-state index >= 15 is 0 Å². The number of para-hydroxylation sites is 1. The molecule has 5 heteroatoms. The molecule has 0 spiro atoms. The van der Waals surface area contributed by atoms with Crippen LogP contribution in [0.2, 0.25) is 0 Å². The normalized spacial score (nSPS) is 15.1. The number of hydrogen-bond acceptors (Lipinski definition) is 2. The smallest absolute Gasteiger partial charge is 0.404 e. The van der Waals surface area contributed by atoms with E-state index in [9.17, 15) is 18.0 Å². The Balaban J connectivity index is 2.89. The van der Waals surface area contributed by atoms with Crippen molar-refractivity contribution in [2.24, 2.45) is 5.41 Å². The van der Waals surface area contributed by atoms with Gasteiger partial charge in [-0.2, -0.15) is 13.2 Å². The summed E-state index contributed by atoms with van der Waals surface area (Å²) in [6.07, 6.45) is -4.98. The van der Waals surface area contributed by atoms with Crippen molar-refractivity contribution in [3.05, 3.63) is 30.3 Å². The van der Waals surface area contributed by atoms with Crippen LogP contribution in [0.4, 0.5) is 13.2 Å². The van der Waals surface area contributed by atoms with E-state index in [1.807, 2.05) is 0 Å². The van der Waals surface area contributed by atoms with E-state index < -0.39 is 17.6 Å². The lowest BCUT2D eigenvalue weighted by atomic mass is 9.87. The Bertz CT molecular complexity index is 386. The van der Waals surface area contributed by atoms with E-state index in [0.717, 1.165) is 6.92 Å². The van der Waals surface area contributed by atoms with Gasteiger partial charge in [-0.05, 0) is 25.5 Å². The first-order chi connectivity index (χ1) is 7.81. The molecule has 2 nitrogen and oxygen atoms in total. The van der Waals surface area contributed by atoms with Crippen molar-refractivity contribution in [2.45, 2.75) is 26.4 Å². The van der Waals surface area contributed by atoms with Gasteiger partial charge in [0.15, 0.2) is 5.41 Å². The molecule has 0 radical (unpaired) electrons.